The zero-order valence-electron chi connectivity index (χ0n) is 11.8. The molecular formula is C15H20BrN3O. The van der Waals surface area contributed by atoms with Crippen molar-refractivity contribution < 1.29 is 4.74 Å². The molecule has 0 saturated heterocycles. The van der Waals surface area contributed by atoms with Crippen molar-refractivity contribution in [2.24, 2.45) is 12.8 Å². The Bertz CT molecular complexity index is 566. The summed E-state index contributed by atoms with van der Waals surface area (Å²) in [6.07, 6.45) is 3.45. The minimum atomic E-state index is 0.115. The van der Waals surface area contributed by atoms with Crippen LogP contribution in [0, 0.1) is 0 Å². The molecule has 108 valence electrons. The van der Waals surface area contributed by atoms with Gasteiger partial charge in [-0.15, -0.1) is 0 Å². The average molecular weight is 338 g/mol. The van der Waals surface area contributed by atoms with Crippen molar-refractivity contribution in [3.05, 3.63) is 46.2 Å². The first-order valence-corrected chi connectivity index (χ1v) is 7.49. The number of aromatic nitrogens is 2. The van der Waals surface area contributed by atoms with Crippen LogP contribution in [0.1, 0.15) is 18.2 Å². The SMILES string of the molecule is CC(N)Cc1cc(Br)ccc1OCCc1ccnn1C. The fraction of sp³-hybridized carbons (Fsp3) is 0.400. The van der Waals surface area contributed by atoms with Gasteiger partial charge >= 0.3 is 0 Å². The molecule has 1 aromatic heterocycles. The van der Waals surface area contributed by atoms with E-state index in [2.05, 4.69) is 27.1 Å². The molecule has 1 atom stereocenters. The van der Waals surface area contributed by atoms with E-state index in [1.54, 1.807) is 6.20 Å². The van der Waals surface area contributed by atoms with Crippen LogP contribution in [0.3, 0.4) is 0 Å². The maximum absolute atomic E-state index is 5.90. The second-order valence-electron chi connectivity index (χ2n) is 4.98. The number of nitrogens with zero attached hydrogens (tertiary/aromatic N) is 2. The Kier molecular flexibility index (Phi) is 5.20. The molecule has 0 aliphatic heterocycles. The van der Waals surface area contributed by atoms with Gasteiger partial charge in [-0.3, -0.25) is 4.68 Å². The zero-order chi connectivity index (χ0) is 14.5. The van der Waals surface area contributed by atoms with Crippen LogP contribution in [-0.4, -0.2) is 22.4 Å². The lowest BCUT2D eigenvalue weighted by molar-refractivity contribution is 0.314. The van der Waals surface area contributed by atoms with E-state index >= 15 is 0 Å². The van der Waals surface area contributed by atoms with Gasteiger partial charge in [0.2, 0.25) is 0 Å². The first-order valence-electron chi connectivity index (χ1n) is 6.70. The molecule has 2 N–H and O–H groups in total. The van der Waals surface area contributed by atoms with E-state index in [1.165, 1.54) is 0 Å². The van der Waals surface area contributed by atoms with Crippen LogP contribution in [-0.2, 0) is 19.9 Å². The van der Waals surface area contributed by atoms with E-state index < -0.39 is 0 Å². The Hall–Kier alpha value is -1.33. The maximum Gasteiger partial charge on any atom is 0.122 e. The molecule has 1 aromatic carbocycles. The molecule has 2 rings (SSSR count). The summed E-state index contributed by atoms with van der Waals surface area (Å²) in [6, 6.07) is 8.18. The monoisotopic (exact) mass is 337 g/mol. The van der Waals surface area contributed by atoms with Crippen LogP contribution in [0.2, 0.25) is 0 Å². The Morgan fingerprint density at radius 3 is 2.85 bits per heavy atom. The molecule has 0 bridgehead atoms. The maximum atomic E-state index is 5.90. The van der Waals surface area contributed by atoms with E-state index in [9.17, 15) is 0 Å². The highest BCUT2D eigenvalue weighted by Gasteiger charge is 2.08. The minimum Gasteiger partial charge on any atom is -0.493 e. The number of hydrogen-bond donors (Lipinski definition) is 1. The molecule has 1 unspecified atom stereocenters. The van der Waals surface area contributed by atoms with Gasteiger partial charge in [-0.25, -0.2) is 0 Å². The molecule has 4 nitrogen and oxygen atoms in total. The predicted molar refractivity (Wildman–Crippen MR) is 83.9 cm³/mol. The van der Waals surface area contributed by atoms with Crippen molar-refractivity contribution in [2.45, 2.75) is 25.8 Å². The normalized spacial score (nSPS) is 12.4. The van der Waals surface area contributed by atoms with Crippen LogP contribution < -0.4 is 10.5 Å². The number of benzene rings is 1. The number of halogens is 1. The first-order chi connectivity index (χ1) is 9.56. The van der Waals surface area contributed by atoms with E-state index in [0.29, 0.717) is 6.61 Å². The van der Waals surface area contributed by atoms with Crippen LogP contribution in [0.25, 0.3) is 0 Å². The highest BCUT2D eigenvalue weighted by Crippen LogP contribution is 2.24. The largest absolute Gasteiger partial charge is 0.493 e. The molecule has 0 radical (unpaired) electrons. The number of nitrogens with two attached hydrogens (primary N) is 1. The van der Waals surface area contributed by atoms with E-state index in [0.717, 1.165) is 34.3 Å². The van der Waals surface area contributed by atoms with Crippen molar-refractivity contribution in [3.8, 4) is 5.75 Å². The Morgan fingerprint density at radius 1 is 1.40 bits per heavy atom. The molecule has 5 heteroatoms. The van der Waals surface area contributed by atoms with Gasteiger partial charge in [0.15, 0.2) is 0 Å². The van der Waals surface area contributed by atoms with Crippen molar-refractivity contribution in [1.82, 2.24) is 9.78 Å². The first kappa shape index (κ1) is 15.1. The molecule has 20 heavy (non-hydrogen) atoms. The molecular weight excluding hydrogens is 318 g/mol. The summed E-state index contributed by atoms with van der Waals surface area (Å²) in [6.45, 7) is 2.63. The molecule has 0 saturated carbocycles. The Labute approximate surface area is 128 Å². The zero-order valence-corrected chi connectivity index (χ0v) is 13.4. The fourth-order valence-corrected chi connectivity index (χ4v) is 2.52. The van der Waals surface area contributed by atoms with Gasteiger partial charge in [0.05, 0.1) is 6.61 Å². The van der Waals surface area contributed by atoms with Gasteiger partial charge in [0.25, 0.3) is 0 Å². The minimum absolute atomic E-state index is 0.115. The lowest BCUT2D eigenvalue weighted by Crippen LogP contribution is -2.18. The van der Waals surface area contributed by atoms with E-state index in [-0.39, 0.29) is 6.04 Å². The molecule has 0 amide bonds. The molecule has 0 aliphatic rings. The summed E-state index contributed by atoms with van der Waals surface area (Å²) >= 11 is 3.49. The van der Waals surface area contributed by atoms with Crippen LogP contribution in [0.5, 0.6) is 5.75 Å². The van der Waals surface area contributed by atoms with Crippen LogP contribution >= 0.6 is 15.9 Å². The lowest BCUT2D eigenvalue weighted by atomic mass is 10.1. The van der Waals surface area contributed by atoms with Gasteiger partial charge in [-0.1, -0.05) is 15.9 Å². The summed E-state index contributed by atoms with van der Waals surface area (Å²) in [4.78, 5) is 0. The number of hydrogen-bond acceptors (Lipinski definition) is 3. The highest BCUT2D eigenvalue weighted by molar-refractivity contribution is 9.10. The third-order valence-corrected chi connectivity index (χ3v) is 3.60. The van der Waals surface area contributed by atoms with Gasteiger partial charge in [0.1, 0.15) is 5.75 Å². The molecule has 0 fully saturated rings. The van der Waals surface area contributed by atoms with Crippen molar-refractivity contribution >= 4 is 15.9 Å². The molecule has 0 aliphatic carbocycles. The Balaban J connectivity index is 2.00. The third kappa shape index (κ3) is 4.08. The topological polar surface area (TPSA) is 53.1 Å². The van der Waals surface area contributed by atoms with Gasteiger partial charge in [0, 0.05) is 35.9 Å². The Morgan fingerprint density at radius 2 is 2.20 bits per heavy atom. The summed E-state index contributed by atoms with van der Waals surface area (Å²) in [5.41, 5.74) is 8.19. The lowest BCUT2D eigenvalue weighted by Gasteiger charge is -2.13. The average Bonchev–Trinajstić information content (AvgIpc) is 2.77. The summed E-state index contributed by atoms with van der Waals surface area (Å²) < 4.78 is 8.82. The smallest absolute Gasteiger partial charge is 0.122 e. The molecule has 2 aromatic rings. The number of aryl methyl sites for hydroxylation is 1. The van der Waals surface area contributed by atoms with E-state index in [4.69, 9.17) is 10.5 Å². The van der Waals surface area contributed by atoms with Crippen molar-refractivity contribution in [1.29, 1.82) is 0 Å². The molecule has 0 spiro atoms. The number of rotatable bonds is 6. The van der Waals surface area contributed by atoms with Crippen molar-refractivity contribution in [2.75, 3.05) is 6.61 Å². The second kappa shape index (κ2) is 6.90. The molecule has 1 heterocycles. The van der Waals surface area contributed by atoms with Gasteiger partial charge < -0.3 is 10.5 Å². The standard InChI is InChI=1S/C15H20BrN3O/c1-11(17)9-12-10-13(16)3-4-15(12)20-8-6-14-5-7-18-19(14)2/h3-5,7,10-11H,6,8-9,17H2,1-2H3. The van der Waals surface area contributed by atoms with Crippen molar-refractivity contribution in [3.63, 3.8) is 0 Å². The summed E-state index contributed by atoms with van der Waals surface area (Å²) in [5.74, 6) is 0.910. The third-order valence-electron chi connectivity index (χ3n) is 3.10. The van der Waals surface area contributed by atoms with Gasteiger partial charge in [-0.2, -0.15) is 5.10 Å². The van der Waals surface area contributed by atoms with E-state index in [1.807, 2.05) is 36.9 Å². The quantitative estimate of drug-likeness (QED) is 0.881. The number of ether oxygens (including phenoxy) is 1. The summed E-state index contributed by atoms with van der Waals surface area (Å²) in [7, 11) is 1.94. The second-order valence-corrected chi connectivity index (χ2v) is 5.89. The van der Waals surface area contributed by atoms with Crippen LogP contribution in [0.15, 0.2) is 34.9 Å². The summed E-state index contributed by atoms with van der Waals surface area (Å²) in [5, 5.41) is 4.15. The fourth-order valence-electron chi connectivity index (χ4n) is 2.11. The highest BCUT2D eigenvalue weighted by atomic mass is 79.9. The van der Waals surface area contributed by atoms with Crippen LogP contribution in [0.4, 0.5) is 0 Å². The van der Waals surface area contributed by atoms with Gasteiger partial charge in [-0.05, 0) is 43.2 Å². The predicted octanol–water partition coefficient (Wildman–Crippen LogP) is 2.69.